The van der Waals surface area contributed by atoms with Gasteiger partial charge >= 0.3 is 0 Å². The molecule has 0 spiro atoms. The van der Waals surface area contributed by atoms with Gasteiger partial charge in [0.2, 0.25) is 0 Å². The number of nitrogens with two attached hydrogens (primary N) is 1. The van der Waals surface area contributed by atoms with E-state index in [1.807, 2.05) is 0 Å². The van der Waals surface area contributed by atoms with Crippen LogP contribution in [-0.4, -0.2) is 19.3 Å². The fraction of sp³-hybridized carbons (Fsp3) is 1.00. The normalized spacial score (nSPS) is 23.1. The average molecular weight is 186 g/mol. The second kappa shape index (κ2) is 4.40. The Kier molecular flexibility index (Phi) is 3.71. The van der Waals surface area contributed by atoms with Gasteiger partial charge in [0, 0.05) is 19.3 Å². The zero-order valence-electron chi connectivity index (χ0n) is 8.97. The lowest BCUT2D eigenvalue weighted by atomic mass is 9.76. The molecule has 78 valence electrons. The van der Waals surface area contributed by atoms with Gasteiger partial charge in [0.15, 0.2) is 0 Å². The molecule has 1 atom stereocenters. The van der Waals surface area contributed by atoms with E-state index in [-0.39, 0.29) is 5.41 Å². The van der Waals surface area contributed by atoms with Crippen molar-refractivity contribution >= 4 is 0 Å². The standard InChI is InChI=1S/C10H22N2O/c1-10(2,3)9(12-11)8-4-6-13-7-5-8/h8-9,12H,4-7,11H2,1-3H3. The van der Waals surface area contributed by atoms with E-state index in [2.05, 4.69) is 26.2 Å². The summed E-state index contributed by atoms with van der Waals surface area (Å²) in [7, 11) is 0. The maximum atomic E-state index is 5.60. The van der Waals surface area contributed by atoms with Gasteiger partial charge in [0.25, 0.3) is 0 Å². The largest absolute Gasteiger partial charge is 0.381 e. The number of ether oxygens (including phenoxy) is 1. The van der Waals surface area contributed by atoms with E-state index in [4.69, 9.17) is 10.6 Å². The minimum absolute atomic E-state index is 0.233. The molecule has 1 aliphatic heterocycles. The van der Waals surface area contributed by atoms with E-state index in [0.717, 1.165) is 26.1 Å². The summed E-state index contributed by atoms with van der Waals surface area (Å²) < 4.78 is 5.34. The minimum Gasteiger partial charge on any atom is -0.381 e. The SMILES string of the molecule is CC(C)(C)C(NN)C1CCOCC1. The first-order valence-electron chi connectivity index (χ1n) is 5.09. The maximum absolute atomic E-state index is 5.60. The molecule has 3 nitrogen and oxygen atoms in total. The lowest BCUT2D eigenvalue weighted by molar-refractivity contribution is 0.0349. The number of rotatable bonds is 2. The van der Waals surface area contributed by atoms with Crippen LogP contribution in [0.1, 0.15) is 33.6 Å². The van der Waals surface area contributed by atoms with Crippen molar-refractivity contribution in [2.45, 2.75) is 39.7 Å². The van der Waals surface area contributed by atoms with E-state index in [1.54, 1.807) is 0 Å². The fourth-order valence-corrected chi connectivity index (χ4v) is 2.14. The first-order chi connectivity index (χ1) is 6.05. The van der Waals surface area contributed by atoms with Crippen LogP contribution in [-0.2, 0) is 4.74 Å². The number of hydrazine groups is 1. The number of hydrogen-bond acceptors (Lipinski definition) is 3. The van der Waals surface area contributed by atoms with E-state index in [9.17, 15) is 0 Å². The Morgan fingerprint density at radius 2 is 1.85 bits per heavy atom. The molecule has 1 aliphatic rings. The van der Waals surface area contributed by atoms with Crippen LogP contribution in [0.15, 0.2) is 0 Å². The summed E-state index contributed by atoms with van der Waals surface area (Å²) in [5, 5.41) is 0. The van der Waals surface area contributed by atoms with E-state index >= 15 is 0 Å². The maximum Gasteiger partial charge on any atom is 0.0469 e. The lowest BCUT2D eigenvalue weighted by Gasteiger charge is -2.38. The topological polar surface area (TPSA) is 47.3 Å². The molecule has 0 aliphatic carbocycles. The van der Waals surface area contributed by atoms with Gasteiger partial charge in [-0.3, -0.25) is 11.3 Å². The molecule has 0 aromatic carbocycles. The van der Waals surface area contributed by atoms with Crippen molar-refractivity contribution in [2.24, 2.45) is 17.2 Å². The summed E-state index contributed by atoms with van der Waals surface area (Å²) in [6.45, 7) is 8.46. The molecule has 0 aromatic heterocycles. The summed E-state index contributed by atoms with van der Waals surface area (Å²) in [5.74, 6) is 6.26. The van der Waals surface area contributed by atoms with Crippen LogP contribution in [0.25, 0.3) is 0 Å². The fourth-order valence-electron chi connectivity index (χ4n) is 2.14. The van der Waals surface area contributed by atoms with Gasteiger partial charge in [-0.15, -0.1) is 0 Å². The van der Waals surface area contributed by atoms with E-state index in [0.29, 0.717) is 12.0 Å². The Labute approximate surface area is 81.0 Å². The van der Waals surface area contributed by atoms with Crippen LogP contribution in [0.4, 0.5) is 0 Å². The number of nitrogens with one attached hydrogen (secondary N) is 1. The molecule has 1 heterocycles. The average Bonchev–Trinajstić information content (AvgIpc) is 2.05. The van der Waals surface area contributed by atoms with Gasteiger partial charge in [-0.1, -0.05) is 20.8 Å². The summed E-state index contributed by atoms with van der Waals surface area (Å²) in [6, 6.07) is 0.399. The quantitative estimate of drug-likeness (QED) is 0.504. The third-order valence-electron chi connectivity index (χ3n) is 2.85. The van der Waals surface area contributed by atoms with Crippen LogP contribution in [0.3, 0.4) is 0 Å². The molecular formula is C10H22N2O. The molecule has 0 aromatic rings. The first-order valence-corrected chi connectivity index (χ1v) is 5.09. The van der Waals surface area contributed by atoms with Crippen LogP contribution in [0.2, 0.25) is 0 Å². The first kappa shape index (κ1) is 11.0. The Bertz CT molecular complexity index is 147. The molecule has 1 saturated heterocycles. The smallest absolute Gasteiger partial charge is 0.0469 e. The van der Waals surface area contributed by atoms with E-state index < -0.39 is 0 Å². The highest BCUT2D eigenvalue weighted by molar-refractivity contribution is 4.86. The van der Waals surface area contributed by atoms with Crippen LogP contribution < -0.4 is 11.3 Å². The Morgan fingerprint density at radius 3 is 2.23 bits per heavy atom. The van der Waals surface area contributed by atoms with Crippen LogP contribution in [0, 0.1) is 11.3 Å². The van der Waals surface area contributed by atoms with Gasteiger partial charge < -0.3 is 4.74 Å². The molecule has 0 saturated carbocycles. The number of hydrogen-bond donors (Lipinski definition) is 2. The minimum atomic E-state index is 0.233. The van der Waals surface area contributed by atoms with Crippen molar-refractivity contribution in [1.29, 1.82) is 0 Å². The van der Waals surface area contributed by atoms with Crippen molar-refractivity contribution in [2.75, 3.05) is 13.2 Å². The molecule has 0 amide bonds. The summed E-state index contributed by atoms with van der Waals surface area (Å²) in [4.78, 5) is 0. The molecule has 3 heteroatoms. The van der Waals surface area contributed by atoms with Crippen molar-refractivity contribution in [3.8, 4) is 0 Å². The Morgan fingerprint density at radius 1 is 1.31 bits per heavy atom. The highest BCUT2D eigenvalue weighted by Crippen LogP contribution is 2.30. The molecule has 13 heavy (non-hydrogen) atoms. The second-order valence-electron chi connectivity index (χ2n) is 4.96. The Hall–Kier alpha value is -0.120. The highest BCUT2D eigenvalue weighted by atomic mass is 16.5. The predicted octanol–water partition coefficient (Wildman–Crippen LogP) is 1.29. The van der Waals surface area contributed by atoms with Gasteiger partial charge in [0.05, 0.1) is 0 Å². The summed E-state index contributed by atoms with van der Waals surface area (Å²) >= 11 is 0. The molecule has 0 bridgehead atoms. The monoisotopic (exact) mass is 186 g/mol. The van der Waals surface area contributed by atoms with Crippen molar-refractivity contribution < 1.29 is 4.74 Å². The van der Waals surface area contributed by atoms with Gasteiger partial charge in [-0.2, -0.15) is 0 Å². The lowest BCUT2D eigenvalue weighted by Crippen LogP contribution is -2.50. The molecule has 0 radical (unpaired) electrons. The molecule has 1 rings (SSSR count). The molecule has 1 unspecified atom stereocenters. The highest BCUT2D eigenvalue weighted by Gasteiger charge is 2.32. The third-order valence-corrected chi connectivity index (χ3v) is 2.85. The van der Waals surface area contributed by atoms with Gasteiger partial charge in [0.1, 0.15) is 0 Å². The van der Waals surface area contributed by atoms with Crippen LogP contribution in [0.5, 0.6) is 0 Å². The van der Waals surface area contributed by atoms with E-state index in [1.165, 1.54) is 0 Å². The van der Waals surface area contributed by atoms with Crippen LogP contribution >= 0.6 is 0 Å². The van der Waals surface area contributed by atoms with Gasteiger partial charge in [-0.25, -0.2) is 0 Å². The molecule has 1 fully saturated rings. The van der Waals surface area contributed by atoms with Crippen molar-refractivity contribution in [3.63, 3.8) is 0 Å². The predicted molar refractivity (Wildman–Crippen MR) is 54.1 cm³/mol. The Balaban J connectivity index is 2.54. The zero-order chi connectivity index (χ0) is 9.90. The summed E-state index contributed by atoms with van der Waals surface area (Å²) in [5.41, 5.74) is 3.19. The molecular weight excluding hydrogens is 164 g/mol. The van der Waals surface area contributed by atoms with Crippen molar-refractivity contribution in [3.05, 3.63) is 0 Å². The third kappa shape index (κ3) is 2.93. The zero-order valence-corrected chi connectivity index (χ0v) is 8.97. The van der Waals surface area contributed by atoms with Crippen molar-refractivity contribution in [1.82, 2.24) is 5.43 Å². The summed E-state index contributed by atoms with van der Waals surface area (Å²) in [6.07, 6.45) is 2.26. The molecule has 3 N–H and O–H groups in total. The second-order valence-corrected chi connectivity index (χ2v) is 4.96. The van der Waals surface area contributed by atoms with Gasteiger partial charge in [-0.05, 0) is 24.2 Å².